The minimum atomic E-state index is 0. The molecule has 30 heavy (non-hydrogen) atoms. The molecule has 0 radical (unpaired) electrons. The number of benzene rings is 1. The van der Waals surface area contributed by atoms with Crippen LogP contribution in [0.4, 0.5) is 5.69 Å². The van der Waals surface area contributed by atoms with Crippen LogP contribution in [0, 0.1) is 13.8 Å². The largest absolute Gasteiger partial charge is 0.372 e. The SMILES string of the molecule is CCNC(=NCc1c(C)nn(C)c1C)N(C)Cc1ccc(N2CCCCC2)cc1.I. The topological polar surface area (TPSA) is 48.7 Å². The second-order valence-electron chi connectivity index (χ2n) is 8.01. The Morgan fingerprint density at radius 1 is 1.13 bits per heavy atom. The van der Waals surface area contributed by atoms with Gasteiger partial charge in [-0.1, -0.05) is 12.1 Å². The van der Waals surface area contributed by atoms with Crippen LogP contribution in [0.15, 0.2) is 29.3 Å². The van der Waals surface area contributed by atoms with Gasteiger partial charge in [0.05, 0.1) is 12.2 Å². The molecule has 166 valence electrons. The molecule has 1 aromatic heterocycles. The van der Waals surface area contributed by atoms with Crippen LogP contribution in [0.1, 0.15) is 48.7 Å². The number of anilines is 1. The second-order valence-corrected chi connectivity index (χ2v) is 8.01. The minimum Gasteiger partial charge on any atom is -0.372 e. The van der Waals surface area contributed by atoms with Crippen molar-refractivity contribution in [2.45, 2.75) is 53.1 Å². The first-order valence-electron chi connectivity index (χ1n) is 10.8. The van der Waals surface area contributed by atoms with Crippen LogP contribution in [0.3, 0.4) is 0 Å². The molecule has 0 spiro atoms. The van der Waals surface area contributed by atoms with Crippen molar-refractivity contribution in [1.29, 1.82) is 0 Å². The van der Waals surface area contributed by atoms with Crippen LogP contribution >= 0.6 is 24.0 Å². The van der Waals surface area contributed by atoms with Crippen LogP contribution in [0.25, 0.3) is 0 Å². The van der Waals surface area contributed by atoms with Crippen molar-refractivity contribution in [3.63, 3.8) is 0 Å². The number of hydrogen-bond acceptors (Lipinski definition) is 3. The van der Waals surface area contributed by atoms with E-state index in [4.69, 9.17) is 4.99 Å². The number of hydrogen-bond donors (Lipinski definition) is 1. The Bertz CT molecular complexity index is 821. The number of aromatic nitrogens is 2. The predicted molar refractivity (Wildman–Crippen MR) is 137 cm³/mol. The first-order chi connectivity index (χ1) is 14.0. The summed E-state index contributed by atoms with van der Waals surface area (Å²) in [5.74, 6) is 0.926. The van der Waals surface area contributed by atoms with E-state index >= 15 is 0 Å². The van der Waals surface area contributed by atoms with Gasteiger partial charge >= 0.3 is 0 Å². The van der Waals surface area contributed by atoms with Gasteiger partial charge in [0.2, 0.25) is 0 Å². The molecule has 7 heteroatoms. The maximum absolute atomic E-state index is 4.88. The van der Waals surface area contributed by atoms with E-state index in [1.54, 1.807) is 0 Å². The van der Waals surface area contributed by atoms with Gasteiger partial charge in [-0.15, -0.1) is 24.0 Å². The highest BCUT2D eigenvalue weighted by atomic mass is 127. The molecule has 1 aromatic carbocycles. The molecule has 0 bridgehead atoms. The maximum atomic E-state index is 4.88. The number of rotatable bonds is 6. The fourth-order valence-electron chi connectivity index (χ4n) is 3.98. The molecular weight excluding hydrogens is 487 g/mol. The van der Waals surface area contributed by atoms with Gasteiger partial charge in [-0.2, -0.15) is 5.10 Å². The normalized spacial score (nSPS) is 14.4. The number of aryl methyl sites for hydroxylation is 2. The Morgan fingerprint density at radius 3 is 2.37 bits per heavy atom. The second kappa shape index (κ2) is 11.6. The molecule has 1 fully saturated rings. The maximum Gasteiger partial charge on any atom is 0.194 e. The van der Waals surface area contributed by atoms with Crippen molar-refractivity contribution in [2.24, 2.45) is 12.0 Å². The van der Waals surface area contributed by atoms with E-state index in [2.05, 4.69) is 72.3 Å². The van der Waals surface area contributed by atoms with E-state index in [1.807, 2.05) is 11.7 Å². The number of piperidine rings is 1. The summed E-state index contributed by atoms with van der Waals surface area (Å²) in [7, 11) is 4.09. The quantitative estimate of drug-likeness (QED) is 0.349. The molecule has 1 N–H and O–H groups in total. The van der Waals surface area contributed by atoms with Crippen LogP contribution in [0.5, 0.6) is 0 Å². The summed E-state index contributed by atoms with van der Waals surface area (Å²) < 4.78 is 1.93. The zero-order chi connectivity index (χ0) is 20.8. The van der Waals surface area contributed by atoms with Crippen LogP contribution < -0.4 is 10.2 Å². The third-order valence-corrected chi connectivity index (χ3v) is 5.82. The molecule has 0 unspecified atom stereocenters. The Hall–Kier alpha value is -1.77. The molecule has 0 saturated carbocycles. The Morgan fingerprint density at radius 2 is 1.80 bits per heavy atom. The Kier molecular flexibility index (Phi) is 9.45. The lowest BCUT2D eigenvalue weighted by Gasteiger charge is -2.29. The number of halogens is 1. The molecule has 1 aliphatic rings. The third-order valence-electron chi connectivity index (χ3n) is 5.82. The fourth-order valence-corrected chi connectivity index (χ4v) is 3.98. The standard InChI is InChI=1S/C23H36N6.HI/c1-6-24-23(25-16-22-18(2)26-28(5)19(22)3)27(4)17-20-10-12-21(13-11-20)29-14-8-7-9-15-29;/h10-13H,6-9,14-17H2,1-5H3,(H,24,25);1H. The van der Waals surface area contributed by atoms with E-state index in [0.29, 0.717) is 6.54 Å². The average molecular weight is 524 g/mol. The lowest BCUT2D eigenvalue weighted by atomic mass is 10.1. The van der Waals surface area contributed by atoms with E-state index < -0.39 is 0 Å². The highest BCUT2D eigenvalue weighted by Crippen LogP contribution is 2.20. The molecular formula is C23H37IN6. The van der Waals surface area contributed by atoms with Gasteiger partial charge in [-0.05, 0) is 57.7 Å². The molecule has 2 heterocycles. The monoisotopic (exact) mass is 524 g/mol. The minimum absolute atomic E-state index is 0. The van der Waals surface area contributed by atoms with E-state index in [0.717, 1.165) is 24.7 Å². The molecule has 0 atom stereocenters. The average Bonchev–Trinajstić information content (AvgIpc) is 2.97. The summed E-state index contributed by atoms with van der Waals surface area (Å²) in [6.07, 6.45) is 3.98. The van der Waals surface area contributed by atoms with E-state index in [-0.39, 0.29) is 24.0 Å². The summed E-state index contributed by atoms with van der Waals surface area (Å²) in [4.78, 5) is 9.57. The third kappa shape index (κ3) is 6.12. The van der Waals surface area contributed by atoms with Crippen molar-refractivity contribution in [3.05, 3.63) is 46.8 Å². The van der Waals surface area contributed by atoms with E-state index in [9.17, 15) is 0 Å². The van der Waals surface area contributed by atoms with Crippen LogP contribution in [-0.4, -0.2) is 47.3 Å². The molecule has 3 rings (SSSR count). The highest BCUT2D eigenvalue weighted by molar-refractivity contribution is 14.0. The van der Waals surface area contributed by atoms with Crippen molar-refractivity contribution < 1.29 is 0 Å². The molecule has 0 aliphatic carbocycles. The molecule has 1 aliphatic heterocycles. The van der Waals surface area contributed by atoms with Gasteiger partial charge in [0, 0.05) is 57.2 Å². The van der Waals surface area contributed by atoms with Crippen molar-refractivity contribution >= 4 is 35.6 Å². The van der Waals surface area contributed by atoms with Gasteiger partial charge in [0.25, 0.3) is 0 Å². The lowest BCUT2D eigenvalue weighted by Crippen LogP contribution is -2.38. The van der Waals surface area contributed by atoms with Crippen molar-refractivity contribution in [2.75, 3.05) is 31.6 Å². The summed E-state index contributed by atoms with van der Waals surface area (Å²) >= 11 is 0. The zero-order valence-corrected chi connectivity index (χ0v) is 21.4. The van der Waals surface area contributed by atoms with Crippen molar-refractivity contribution in [3.8, 4) is 0 Å². The van der Waals surface area contributed by atoms with Gasteiger partial charge in [0.1, 0.15) is 0 Å². The van der Waals surface area contributed by atoms with Gasteiger partial charge in [-0.25, -0.2) is 4.99 Å². The first-order valence-corrected chi connectivity index (χ1v) is 10.8. The van der Waals surface area contributed by atoms with E-state index in [1.165, 1.54) is 54.9 Å². The van der Waals surface area contributed by atoms with Gasteiger partial charge < -0.3 is 15.1 Å². The number of nitrogens with one attached hydrogen (secondary N) is 1. The zero-order valence-electron chi connectivity index (χ0n) is 19.1. The fraction of sp³-hybridized carbons (Fsp3) is 0.565. The number of nitrogens with zero attached hydrogens (tertiary/aromatic N) is 5. The molecule has 2 aromatic rings. The Labute approximate surface area is 198 Å². The van der Waals surface area contributed by atoms with Gasteiger partial charge in [0.15, 0.2) is 5.96 Å². The summed E-state index contributed by atoms with van der Waals surface area (Å²) in [5.41, 5.74) is 6.09. The molecule has 6 nitrogen and oxygen atoms in total. The number of aliphatic imine (C=N–C) groups is 1. The summed E-state index contributed by atoms with van der Waals surface area (Å²) in [6.45, 7) is 11.0. The van der Waals surface area contributed by atoms with Crippen molar-refractivity contribution in [1.82, 2.24) is 20.0 Å². The highest BCUT2D eigenvalue weighted by Gasteiger charge is 2.13. The van der Waals surface area contributed by atoms with Crippen LogP contribution in [0.2, 0.25) is 0 Å². The summed E-state index contributed by atoms with van der Waals surface area (Å²) in [6, 6.07) is 9.03. The predicted octanol–water partition coefficient (Wildman–Crippen LogP) is 4.24. The van der Waals surface area contributed by atoms with Crippen LogP contribution in [-0.2, 0) is 20.1 Å². The first kappa shape index (κ1) is 24.5. The Balaban J connectivity index is 0.00000320. The number of guanidine groups is 1. The van der Waals surface area contributed by atoms with Gasteiger partial charge in [-0.3, -0.25) is 4.68 Å². The smallest absolute Gasteiger partial charge is 0.194 e. The molecule has 1 saturated heterocycles. The lowest BCUT2D eigenvalue weighted by molar-refractivity contribution is 0.476. The summed E-state index contributed by atoms with van der Waals surface area (Å²) in [5, 5.41) is 7.93. The molecule has 0 amide bonds.